The van der Waals surface area contributed by atoms with Gasteiger partial charge >= 0.3 is 0 Å². The van der Waals surface area contributed by atoms with E-state index in [4.69, 9.17) is 0 Å². The molecule has 3 aromatic rings. The van der Waals surface area contributed by atoms with Crippen LogP contribution < -0.4 is 16.2 Å². The highest BCUT2D eigenvalue weighted by Crippen LogP contribution is 2.18. The number of aromatic nitrogens is 4. The molecule has 2 N–H and O–H groups in total. The van der Waals surface area contributed by atoms with E-state index in [1.807, 2.05) is 18.2 Å². The summed E-state index contributed by atoms with van der Waals surface area (Å²) in [6, 6.07) is 7.47. The third-order valence-corrected chi connectivity index (χ3v) is 5.30. The van der Waals surface area contributed by atoms with Gasteiger partial charge in [0, 0.05) is 30.7 Å². The fraction of sp³-hybridized carbons (Fsp3) is 0.333. The van der Waals surface area contributed by atoms with Crippen LogP contribution >= 0.6 is 0 Å². The largest absolute Gasteiger partial charge is 0.317 e. The Morgan fingerprint density at radius 3 is 2.69 bits per heavy atom. The molecule has 150 valence electrons. The molecule has 4 rings (SSSR count). The Labute approximate surface area is 168 Å². The number of amides is 1. The fourth-order valence-electron chi connectivity index (χ4n) is 3.69. The van der Waals surface area contributed by atoms with Crippen LogP contribution in [0.5, 0.6) is 0 Å². The SMILES string of the molecule is Cc1ccn(C2CCNCC2)c(=O)c1C(=O)Nc1ccnn1Cc1ccncc1. The molecule has 1 saturated heterocycles. The van der Waals surface area contributed by atoms with Crippen molar-refractivity contribution in [1.29, 1.82) is 0 Å². The van der Waals surface area contributed by atoms with Crippen LogP contribution in [0.4, 0.5) is 5.82 Å². The Hall–Kier alpha value is -3.26. The average molecular weight is 392 g/mol. The number of carbonyl (C=O) groups excluding carboxylic acids is 1. The van der Waals surface area contributed by atoms with E-state index in [1.54, 1.807) is 47.0 Å². The Morgan fingerprint density at radius 2 is 1.93 bits per heavy atom. The molecule has 0 bridgehead atoms. The summed E-state index contributed by atoms with van der Waals surface area (Å²) in [4.78, 5) is 30.1. The molecule has 1 aliphatic heterocycles. The molecule has 0 aromatic carbocycles. The summed E-state index contributed by atoms with van der Waals surface area (Å²) in [5, 5.41) is 10.4. The maximum atomic E-state index is 13.1. The summed E-state index contributed by atoms with van der Waals surface area (Å²) in [5.74, 6) is 0.134. The second kappa shape index (κ2) is 8.40. The molecule has 0 atom stereocenters. The maximum Gasteiger partial charge on any atom is 0.263 e. The van der Waals surface area contributed by atoms with E-state index in [0.29, 0.717) is 17.9 Å². The number of hydrogen-bond donors (Lipinski definition) is 2. The number of carbonyl (C=O) groups is 1. The summed E-state index contributed by atoms with van der Waals surface area (Å²) in [6.07, 6.45) is 8.62. The van der Waals surface area contributed by atoms with Crippen LogP contribution in [0.2, 0.25) is 0 Å². The Bertz CT molecular complexity index is 1050. The van der Waals surface area contributed by atoms with Crippen LogP contribution in [0.3, 0.4) is 0 Å². The lowest BCUT2D eigenvalue weighted by Crippen LogP contribution is -2.37. The van der Waals surface area contributed by atoms with Crippen molar-refractivity contribution in [1.82, 2.24) is 24.6 Å². The molecule has 0 aliphatic carbocycles. The average Bonchev–Trinajstić information content (AvgIpc) is 3.16. The van der Waals surface area contributed by atoms with Gasteiger partial charge in [-0.15, -0.1) is 0 Å². The number of nitrogens with one attached hydrogen (secondary N) is 2. The van der Waals surface area contributed by atoms with E-state index < -0.39 is 5.91 Å². The van der Waals surface area contributed by atoms with Gasteiger partial charge in [-0.25, -0.2) is 4.68 Å². The van der Waals surface area contributed by atoms with Crippen molar-refractivity contribution in [2.24, 2.45) is 0 Å². The molecule has 4 heterocycles. The summed E-state index contributed by atoms with van der Waals surface area (Å²) in [7, 11) is 0. The van der Waals surface area contributed by atoms with Crippen LogP contribution in [0.25, 0.3) is 0 Å². The fourth-order valence-corrected chi connectivity index (χ4v) is 3.69. The third-order valence-electron chi connectivity index (χ3n) is 5.30. The van der Waals surface area contributed by atoms with Gasteiger partial charge in [-0.1, -0.05) is 0 Å². The Kier molecular flexibility index (Phi) is 5.53. The Morgan fingerprint density at radius 1 is 1.17 bits per heavy atom. The van der Waals surface area contributed by atoms with Gasteiger partial charge in [0.1, 0.15) is 11.4 Å². The normalized spacial score (nSPS) is 14.7. The Balaban J connectivity index is 1.58. The minimum Gasteiger partial charge on any atom is -0.317 e. The first kappa shape index (κ1) is 19.1. The number of aryl methyl sites for hydroxylation is 1. The molecule has 0 spiro atoms. The molecule has 8 nitrogen and oxygen atoms in total. The lowest BCUT2D eigenvalue weighted by Gasteiger charge is -2.25. The lowest BCUT2D eigenvalue weighted by molar-refractivity contribution is 0.102. The van der Waals surface area contributed by atoms with Gasteiger partial charge in [0.15, 0.2) is 0 Å². The number of nitrogens with zero attached hydrogens (tertiary/aromatic N) is 4. The summed E-state index contributed by atoms with van der Waals surface area (Å²) in [5.41, 5.74) is 1.62. The molecule has 3 aromatic heterocycles. The molecule has 1 amide bonds. The molecule has 1 aliphatic rings. The molecule has 0 radical (unpaired) electrons. The third kappa shape index (κ3) is 4.12. The number of pyridine rings is 2. The van der Waals surface area contributed by atoms with Crippen molar-refractivity contribution >= 4 is 11.7 Å². The van der Waals surface area contributed by atoms with E-state index in [0.717, 1.165) is 31.5 Å². The first-order valence-electron chi connectivity index (χ1n) is 9.78. The van der Waals surface area contributed by atoms with E-state index >= 15 is 0 Å². The quantitative estimate of drug-likeness (QED) is 0.692. The zero-order chi connectivity index (χ0) is 20.2. The minimum absolute atomic E-state index is 0.119. The zero-order valence-corrected chi connectivity index (χ0v) is 16.3. The second-order valence-electron chi connectivity index (χ2n) is 7.25. The van der Waals surface area contributed by atoms with Crippen LogP contribution in [0, 0.1) is 6.92 Å². The second-order valence-corrected chi connectivity index (χ2v) is 7.25. The summed E-state index contributed by atoms with van der Waals surface area (Å²) < 4.78 is 3.40. The monoisotopic (exact) mass is 392 g/mol. The molecule has 0 unspecified atom stereocenters. The van der Waals surface area contributed by atoms with E-state index in [9.17, 15) is 9.59 Å². The first-order chi connectivity index (χ1) is 14.1. The van der Waals surface area contributed by atoms with Crippen LogP contribution in [-0.4, -0.2) is 38.3 Å². The van der Waals surface area contributed by atoms with Crippen LogP contribution in [0.1, 0.15) is 40.4 Å². The summed E-state index contributed by atoms with van der Waals surface area (Å²) >= 11 is 0. The first-order valence-corrected chi connectivity index (χ1v) is 9.78. The van der Waals surface area contributed by atoms with Gasteiger partial charge in [-0.2, -0.15) is 5.10 Å². The van der Waals surface area contributed by atoms with Gasteiger partial charge < -0.3 is 15.2 Å². The number of piperidine rings is 1. The van der Waals surface area contributed by atoms with E-state index in [-0.39, 0.29) is 17.2 Å². The van der Waals surface area contributed by atoms with Crippen molar-refractivity contribution in [3.05, 3.63) is 76.1 Å². The number of rotatable bonds is 5. The van der Waals surface area contributed by atoms with E-state index in [2.05, 4.69) is 20.7 Å². The van der Waals surface area contributed by atoms with Crippen LogP contribution in [-0.2, 0) is 6.54 Å². The van der Waals surface area contributed by atoms with Gasteiger partial charge in [0.05, 0.1) is 12.7 Å². The van der Waals surface area contributed by atoms with Crippen LogP contribution in [0.15, 0.2) is 53.8 Å². The topological polar surface area (TPSA) is 93.8 Å². The molecular weight excluding hydrogens is 368 g/mol. The van der Waals surface area contributed by atoms with Gasteiger partial charge in [-0.3, -0.25) is 14.6 Å². The molecule has 8 heteroatoms. The number of hydrogen-bond acceptors (Lipinski definition) is 5. The number of anilines is 1. The highest BCUT2D eigenvalue weighted by Gasteiger charge is 2.22. The van der Waals surface area contributed by atoms with E-state index in [1.165, 1.54) is 0 Å². The predicted molar refractivity (Wildman–Crippen MR) is 110 cm³/mol. The van der Waals surface area contributed by atoms with Gasteiger partial charge in [-0.05, 0) is 62.2 Å². The molecule has 29 heavy (non-hydrogen) atoms. The molecule has 1 fully saturated rings. The smallest absolute Gasteiger partial charge is 0.263 e. The minimum atomic E-state index is -0.410. The standard InChI is InChI=1S/C21H24N6O2/c1-15-7-13-26(17-4-10-23-11-5-17)21(29)19(15)20(28)25-18-6-12-24-27(18)14-16-2-8-22-9-3-16/h2-3,6-9,12-13,17,23H,4-5,10-11,14H2,1H3,(H,25,28). The van der Waals surface area contributed by atoms with Gasteiger partial charge in [0.2, 0.25) is 0 Å². The highest BCUT2D eigenvalue weighted by atomic mass is 16.2. The maximum absolute atomic E-state index is 13.1. The van der Waals surface area contributed by atoms with Crippen molar-refractivity contribution in [2.75, 3.05) is 18.4 Å². The van der Waals surface area contributed by atoms with Crippen molar-refractivity contribution < 1.29 is 4.79 Å². The lowest BCUT2D eigenvalue weighted by atomic mass is 10.0. The van der Waals surface area contributed by atoms with Gasteiger partial charge in [0.25, 0.3) is 11.5 Å². The van der Waals surface area contributed by atoms with Crippen molar-refractivity contribution in [2.45, 2.75) is 32.4 Å². The highest BCUT2D eigenvalue weighted by molar-refractivity contribution is 6.04. The molecular formula is C21H24N6O2. The zero-order valence-electron chi connectivity index (χ0n) is 16.3. The van der Waals surface area contributed by atoms with Crippen molar-refractivity contribution in [3.63, 3.8) is 0 Å². The molecule has 0 saturated carbocycles. The predicted octanol–water partition coefficient (Wildman–Crippen LogP) is 1.97. The van der Waals surface area contributed by atoms with Crippen molar-refractivity contribution in [3.8, 4) is 0 Å². The summed E-state index contributed by atoms with van der Waals surface area (Å²) in [6.45, 7) is 4.04.